The van der Waals surface area contributed by atoms with Crippen LogP contribution in [-0.2, 0) is 4.79 Å². The van der Waals surface area contributed by atoms with Gasteiger partial charge in [0.2, 0.25) is 5.91 Å². The predicted molar refractivity (Wildman–Crippen MR) is 55.3 cm³/mol. The zero-order valence-corrected chi connectivity index (χ0v) is 8.62. The van der Waals surface area contributed by atoms with Crippen molar-refractivity contribution in [3.63, 3.8) is 0 Å². The van der Waals surface area contributed by atoms with Gasteiger partial charge in [0.1, 0.15) is 0 Å². The average Bonchev–Trinajstić information content (AvgIpc) is 2.13. The van der Waals surface area contributed by atoms with Crippen molar-refractivity contribution < 1.29 is 4.79 Å². The molecule has 0 aromatic carbocycles. The van der Waals surface area contributed by atoms with E-state index in [0.717, 1.165) is 13.0 Å². The zero-order valence-electron chi connectivity index (χ0n) is 8.62. The fourth-order valence-electron chi connectivity index (χ4n) is 1.06. The van der Waals surface area contributed by atoms with E-state index in [-0.39, 0.29) is 11.9 Å². The molecule has 0 bridgehead atoms. The molecule has 0 fully saturated rings. The molecule has 3 nitrogen and oxygen atoms in total. The lowest BCUT2D eigenvalue weighted by Gasteiger charge is -2.20. The minimum Gasteiger partial charge on any atom is -0.339 e. The summed E-state index contributed by atoms with van der Waals surface area (Å²) in [5, 5.41) is 0. The molecular formula is C10H20N2O. The van der Waals surface area contributed by atoms with Crippen LogP contribution in [-0.4, -0.2) is 29.9 Å². The van der Waals surface area contributed by atoms with E-state index in [0.29, 0.717) is 13.0 Å². The predicted octanol–water partition coefficient (Wildman–Crippen LogP) is 1.15. The molecule has 0 radical (unpaired) electrons. The van der Waals surface area contributed by atoms with Crippen molar-refractivity contribution in [1.29, 1.82) is 0 Å². The van der Waals surface area contributed by atoms with Gasteiger partial charge in [-0.3, -0.25) is 4.79 Å². The van der Waals surface area contributed by atoms with Crippen molar-refractivity contribution in [3.05, 3.63) is 12.7 Å². The van der Waals surface area contributed by atoms with Crippen molar-refractivity contribution in [2.45, 2.75) is 32.7 Å². The van der Waals surface area contributed by atoms with Crippen LogP contribution in [0.4, 0.5) is 0 Å². The SMILES string of the molecule is C=CCN(CC)C(=O)CC(N)CC. The summed E-state index contributed by atoms with van der Waals surface area (Å²) in [4.78, 5) is 13.3. The monoisotopic (exact) mass is 184 g/mol. The van der Waals surface area contributed by atoms with E-state index in [1.54, 1.807) is 11.0 Å². The summed E-state index contributed by atoms with van der Waals surface area (Å²) in [5.74, 6) is 0.122. The summed E-state index contributed by atoms with van der Waals surface area (Å²) in [5.41, 5.74) is 5.69. The summed E-state index contributed by atoms with van der Waals surface area (Å²) < 4.78 is 0. The average molecular weight is 184 g/mol. The number of hydrogen-bond acceptors (Lipinski definition) is 2. The topological polar surface area (TPSA) is 46.3 Å². The van der Waals surface area contributed by atoms with Crippen LogP contribution in [0.3, 0.4) is 0 Å². The van der Waals surface area contributed by atoms with Gasteiger partial charge in [-0.25, -0.2) is 0 Å². The Hall–Kier alpha value is -0.830. The van der Waals surface area contributed by atoms with Crippen molar-refractivity contribution in [2.75, 3.05) is 13.1 Å². The molecule has 0 aromatic rings. The molecule has 3 heteroatoms. The summed E-state index contributed by atoms with van der Waals surface area (Å²) in [7, 11) is 0. The van der Waals surface area contributed by atoms with Crippen LogP contribution in [0.1, 0.15) is 26.7 Å². The first-order chi connectivity index (χ1) is 6.15. The van der Waals surface area contributed by atoms with Gasteiger partial charge in [-0.05, 0) is 13.3 Å². The number of rotatable bonds is 6. The van der Waals surface area contributed by atoms with Gasteiger partial charge in [0.25, 0.3) is 0 Å². The third kappa shape index (κ3) is 4.68. The molecule has 0 aliphatic heterocycles. The summed E-state index contributed by atoms with van der Waals surface area (Å²) in [6, 6.07) is -0.00800. The number of carbonyl (C=O) groups excluding carboxylic acids is 1. The van der Waals surface area contributed by atoms with E-state index in [2.05, 4.69) is 6.58 Å². The number of hydrogen-bond donors (Lipinski definition) is 1. The molecule has 0 saturated heterocycles. The molecule has 0 aromatic heterocycles. The van der Waals surface area contributed by atoms with E-state index >= 15 is 0 Å². The van der Waals surface area contributed by atoms with Crippen LogP contribution in [0, 0.1) is 0 Å². The highest BCUT2D eigenvalue weighted by atomic mass is 16.2. The zero-order chi connectivity index (χ0) is 10.3. The first kappa shape index (κ1) is 12.2. The van der Waals surface area contributed by atoms with E-state index in [1.165, 1.54) is 0 Å². The van der Waals surface area contributed by atoms with Crippen LogP contribution >= 0.6 is 0 Å². The second-order valence-electron chi connectivity index (χ2n) is 3.09. The molecule has 76 valence electrons. The maximum Gasteiger partial charge on any atom is 0.224 e. The summed E-state index contributed by atoms with van der Waals surface area (Å²) >= 11 is 0. The quantitative estimate of drug-likeness (QED) is 0.629. The number of nitrogens with two attached hydrogens (primary N) is 1. The van der Waals surface area contributed by atoms with Gasteiger partial charge in [0.05, 0.1) is 0 Å². The van der Waals surface area contributed by atoms with Gasteiger partial charge >= 0.3 is 0 Å². The van der Waals surface area contributed by atoms with Gasteiger partial charge in [0.15, 0.2) is 0 Å². The summed E-state index contributed by atoms with van der Waals surface area (Å²) in [6.45, 7) is 8.89. The second-order valence-corrected chi connectivity index (χ2v) is 3.09. The molecule has 0 saturated carbocycles. The minimum atomic E-state index is -0.00800. The molecule has 1 amide bonds. The standard InChI is InChI=1S/C10H20N2O/c1-4-7-12(6-3)10(13)8-9(11)5-2/h4,9H,1,5-8,11H2,2-3H3. The highest BCUT2D eigenvalue weighted by Crippen LogP contribution is 1.99. The number of nitrogens with zero attached hydrogens (tertiary/aromatic N) is 1. The van der Waals surface area contributed by atoms with Gasteiger partial charge in [-0.1, -0.05) is 13.0 Å². The number of amides is 1. The van der Waals surface area contributed by atoms with Gasteiger partial charge in [-0.2, -0.15) is 0 Å². The van der Waals surface area contributed by atoms with Gasteiger partial charge in [-0.15, -0.1) is 6.58 Å². The van der Waals surface area contributed by atoms with Gasteiger partial charge < -0.3 is 10.6 Å². The first-order valence-electron chi connectivity index (χ1n) is 4.79. The third-order valence-corrected chi connectivity index (χ3v) is 2.05. The first-order valence-corrected chi connectivity index (χ1v) is 4.79. The smallest absolute Gasteiger partial charge is 0.224 e. The summed E-state index contributed by atoms with van der Waals surface area (Å²) in [6.07, 6.45) is 3.02. The second kappa shape index (κ2) is 6.66. The van der Waals surface area contributed by atoms with Crippen molar-refractivity contribution in [3.8, 4) is 0 Å². The Kier molecular flexibility index (Phi) is 6.24. The normalized spacial score (nSPS) is 12.2. The molecular weight excluding hydrogens is 164 g/mol. The van der Waals surface area contributed by atoms with E-state index < -0.39 is 0 Å². The maximum atomic E-state index is 11.5. The molecule has 1 atom stereocenters. The highest BCUT2D eigenvalue weighted by molar-refractivity contribution is 5.76. The molecule has 0 aliphatic carbocycles. The molecule has 1 unspecified atom stereocenters. The number of carbonyl (C=O) groups is 1. The van der Waals surface area contributed by atoms with Crippen LogP contribution < -0.4 is 5.73 Å². The number of likely N-dealkylation sites (N-methyl/N-ethyl adjacent to an activating group) is 1. The molecule has 0 spiro atoms. The maximum absolute atomic E-state index is 11.5. The van der Waals surface area contributed by atoms with Crippen LogP contribution in [0.2, 0.25) is 0 Å². The Bertz CT molecular complexity index is 168. The minimum absolute atomic E-state index is 0.00800. The Labute approximate surface area is 80.6 Å². The van der Waals surface area contributed by atoms with Crippen molar-refractivity contribution in [2.24, 2.45) is 5.73 Å². The Morgan fingerprint density at radius 2 is 2.23 bits per heavy atom. The Balaban J connectivity index is 3.97. The van der Waals surface area contributed by atoms with E-state index in [1.807, 2.05) is 13.8 Å². The molecule has 0 heterocycles. The Morgan fingerprint density at radius 1 is 1.62 bits per heavy atom. The van der Waals surface area contributed by atoms with Crippen LogP contribution in [0.25, 0.3) is 0 Å². The van der Waals surface area contributed by atoms with E-state index in [9.17, 15) is 4.79 Å². The van der Waals surface area contributed by atoms with Crippen LogP contribution in [0.5, 0.6) is 0 Å². The molecule has 0 rings (SSSR count). The molecule has 0 aliphatic rings. The Morgan fingerprint density at radius 3 is 2.62 bits per heavy atom. The highest BCUT2D eigenvalue weighted by Gasteiger charge is 2.12. The third-order valence-electron chi connectivity index (χ3n) is 2.05. The fourth-order valence-corrected chi connectivity index (χ4v) is 1.06. The van der Waals surface area contributed by atoms with Crippen molar-refractivity contribution >= 4 is 5.91 Å². The van der Waals surface area contributed by atoms with Crippen LogP contribution in [0.15, 0.2) is 12.7 Å². The molecule has 2 N–H and O–H groups in total. The lowest BCUT2D eigenvalue weighted by atomic mass is 10.1. The lowest BCUT2D eigenvalue weighted by molar-refractivity contribution is -0.130. The fraction of sp³-hybridized carbons (Fsp3) is 0.700. The van der Waals surface area contributed by atoms with Crippen molar-refractivity contribution in [1.82, 2.24) is 4.90 Å². The largest absolute Gasteiger partial charge is 0.339 e. The van der Waals surface area contributed by atoms with E-state index in [4.69, 9.17) is 5.73 Å². The molecule has 13 heavy (non-hydrogen) atoms. The lowest BCUT2D eigenvalue weighted by Crippen LogP contribution is -2.35. The van der Waals surface area contributed by atoms with Gasteiger partial charge in [0, 0.05) is 25.6 Å².